The monoisotopic (exact) mass is 455 g/mol. The minimum absolute atomic E-state index is 0.132. The molecular formula is C19H20F3N5O5. The number of anilines is 2. The molecule has 0 spiro atoms. The van der Waals surface area contributed by atoms with Gasteiger partial charge in [-0.1, -0.05) is 12.1 Å². The largest absolute Gasteiger partial charge is 0.573 e. The van der Waals surface area contributed by atoms with Crippen molar-refractivity contribution in [1.82, 2.24) is 10.3 Å². The van der Waals surface area contributed by atoms with Gasteiger partial charge in [0.25, 0.3) is 0 Å². The van der Waals surface area contributed by atoms with E-state index in [4.69, 9.17) is 10.5 Å². The molecule has 0 saturated carbocycles. The molecule has 32 heavy (non-hydrogen) atoms. The maximum Gasteiger partial charge on any atom is 0.573 e. The third kappa shape index (κ3) is 5.36. The fraction of sp³-hybridized carbons (Fsp3) is 0.316. The summed E-state index contributed by atoms with van der Waals surface area (Å²) in [6.45, 7) is 0.841. The molecule has 5 N–H and O–H groups in total. The number of hydrogen-bond acceptors (Lipinski definition) is 7. The smallest absolute Gasteiger partial charge is 0.495 e. The van der Waals surface area contributed by atoms with Crippen LogP contribution in [0.15, 0.2) is 36.5 Å². The van der Waals surface area contributed by atoms with E-state index in [1.54, 1.807) is 0 Å². The number of benzene rings is 1. The molecule has 1 aliphatic rings. The van der Waals surface area contributed by atoms with Gasteiger partial charge in [-0.15, -0.1) is 13.2 Å². The van der Waals surface area contributed by atoms with E-state index >= 15 is 0 Å². The van der Waals surface area contributed by atoms with Crippen LogP contribution >= 0.6 is 0 Å². The van der Waals surface area contributed by atoms with Crippen LogP contribution in [0.4, 0.5) is 29.5 Å². The van der Waals surface area contributed by atoms with Crippen molar-refractivity contribution < 1.29 is 37.3 Å². The fourth-order valence-electron chi connectivity index (χ4n) is 3.06. The Balaban J connectivity index is 1.86. The van der Waals surface area contributed by atoms with Gasteiger partial charge in [-0.2, -0.15) is 0 Å². The zero-order chi connectivity index (χ0) is 23.7. The van der Waals surface area contributed by atoms with Crippen molar-refractivity contribution in [3.8, 4) is 11.5 Å². The number of halogens is 3. The molecule has 2 heterocycles. The summed E-state index contributed by atoms with van der Waals surface area (Å²) in [4.78, 5) is 30.2. The highest BCUT2D eigenvalue weighted by Gasteiger charge is 2.36. The van der Waals surface area contributed by atoms with Gasteiger partial charge in [0.1, 0.15) is 23.8 Å². The second-order valence-corrected chi connectivity index (χ2v) is 7.11. The molecule has 0 fully saturated rings. The number of carbonyl (C=O) groups is 2. The highest BCUT2D eigenvalue weighted by Crippen LogP contribution is 2.32. The summed E-state index contributed by atoms with van der Waals surface area (Å²) in [6.07, 6.45) is -3.51. The number of fused-ring (bicyclic) bond motifs is 1. The van der Waals surface area contributed by atoms with Gasteiger partial charge in [0.2, 0.25) is 5.91 Å². The molecule has 0 bridgehead atoms. The number of ether oxygens (including phenoxy) is 2. The van der Waals surface area contributed by atoms with Crippen molar-refractivity contribution in [3.05, 3.63) is 42.1 Å². The van der Waals surface area contributed by atoms with E-state index in [2.05, 4.69) is 20.4 Å². The Labute approximate surface area is 180 Å². The summed E-state index contributed by atoms with van der Waals surface area (Å²) in [5, 5.41) is 15.4. The number of urea groups is 1. The van der Waals surface area contributed by atoms with E-state index in [-0.39, 0.29) is 23.6 Å². The van der Waals surface area contributed by atoms with Crippen LogP contribution in [0.2, 0.25) is 0 Å². The van der Waals surface area contributed by atoms with Crippen LogP contribution in [0.1, 0.15) is 18.5 Å². The SMILES string of the molecule is COc1cnc2c(c1)NC(=O)CN2C(=O)NC(c1ccc(OC(F)(F)F)cc1)C(C)(N)O. The topological polar surface area (TPSA) is 139 Å². The summed E-state index contributed by atoms with van der Waals surface area (Å²) in [5.41, 5.74) is 4.22. The second-order valence-electron chi connectivity index (χ2n) is 7.11. The first-order valence-corrected chi connectivity index (χ1v) is 9.16. The van der Waals surface area contributed by atoms with Gasteiger partial charge < -0.3 is 30.9 Å². The number of aromatic nitrogens is 1. The number of rotatable bonds is 5. The van der Waals surface area contributed by atoms with Crippen molar-refractivity contribution in [2.45, 2.75) is 25.1 Å². The molecule has 2 aromatic rings. The lowest BCUT2D eigenvalue weighted by molar-refractivity contribution is -0.274. The van der Waals surface area contributed by atoms with Crippen molar-refractivity contribution in [2.24, 2.45) is 5.73 Å². The molecule has 2 atom stereocenters. The second kappa shape index (κ2) is 8.51. The average molecular weight is 455 g/mol. The molecule has 1 aliphatic heterocycles. The van der Waals surface area contributed by atoms with Crippen molar-refractivity contribution >= 4 is 23.4 Å². The lowest BCUT2D eigenvalue weighted by atomic mass is 9.98. The highest BCUT2D eigenvalue weighted by molar-refractivity contribution is 6.08. The molecule has 2 unspecified atom stereocenters. The van der Waals surface area contributed by atoms with E-state index < -0.39 is 35.8 Å². The summed E-state index contributed by atoms with van der Waals surface area (Å²) < 4.78 is 46.0. The Morgan fingerprint density at radius 1 is 1.31 bits per heavy atom. The number of hydrogen-bond donors (Lipinski definition) is 4. The Morgan fingerprint density at radius 3 is 2.53 bits per heavy atom. The first kappa shape index (κ1) is 23.1. The molecule has 0 radical (unpaired) electrons. The molecule has 13 heteroatoms. The first-order valence-electron chi connectivity index (χ1n) is 9.16. The fourth-order valence-corrected chi connectivity index (χ4v) is 3.06. The van der Waals surface area contributed by atoms with Crippen molar-refractivity contribution in [1.29, 1.82) is 0 Å². The normalized spacial score (nSPS) is 16.3. The lowest BCUT2D eigenvalue weighted by Crippen LogP contribution is -2.55. The van der Waals surface area contributed by atoms with Crippen LogP contribution in [0, 0.1) is 0 Å². The molecule has 0 saturated heterocycles. The zero-order valence-corrected chi connectivity index (χ0v) is 16.9. The maximum atomic E-state index is 13.0. The number of methoxy groups -OCH3 is 1. The number of amides is 3. The average Bonchev–Trinajstić information content (AvgIpc) is 2.69. The van der Waals surface area contributed by atoms with E-state index in [9.17, 15) is 27.9 Å². The molecule has 1 aromatic carbocycles. The van der Waals surface area contributed by atoms with E-state index in [1.165, 1.54) is 38.4 Å². The molecule has 3 rings (SSSR count). The van der Waals surface area contributed by atoms with Gasteiger partial charge in [-0.05, 0) is 24.6 Å². The van der Waals surface area contributed by atoms with Gasteiger partial charge in [-0.3, -0.25) is 9.69 Å². The lowest BCUT2D eigenvalue weighted by Gasteiger charge is -2.34. The van der Waals surface area contributed by atoms with E-state index in [0.717, 1.165) is 17.0 Å². The Bertz CT molecular complexity index is 1010. The van der Waals surface area contributed by atoms with Gasteiger partial charge >= 0.3 is 12.4 Å². The number of aliphatic hydroxyl groups is 1. The third-order valence-corrected chi connectivity index (χ3v) is 4.45. The minimum Gasteiger partial charge on any atom is -0.495 e. The maximum absolute atomic E-state index is 13.0. The third-order valence-electron chi connectivity index (χ3n) is 4.45. The number of nitrogens with two attached hydrogens (primary N) is 1. The Hall–Kier alpha value is -3.58. The van der Waals surface area contributed by atoms with Gasteiger partial charge in [0, 0.05) is 6.07 Å². The molecule has 0 aliphatic carbocycles. The standard InChI is InChI=1S/C19H20F3N5O5/c1-18(23,30)15(10-3-5-11(6-4-10)32-19(20,21)22)26-17(29)27-9-14(28)25-13-7-12(31-2)8-24-16(13)27/h3-8,15,30H,9,23H2,1-2H3,(H,25,28)(H,26,29). The number of nitrogens with zero attached hydrogens (tertiary/aromatic N) is 2. The van der Waals surface area contributed by atoms with Gasteiger partial charge in [0.15, 0.2) is 5.82 Å². The van der Waals surface area contributed by atoms with Crippen LogP contribution in [0.5, 0.6) is 11.5 Å². The summed E-state index contributed by atoms with van der Waals surface area (Å²) in [6, 6.07) is 3.89. The van der Waals surface area contributed by atoms with Crippen LogP contribution < -0.4 is 30.7 Å². The van der Waals surface area contributed by atoms with Crippen LogP contribution in [-0.4, -0.2) is 47.8 Å². The van der Waals surface area contributed by atoms with Crippen molar-refractivity contribution in [3.63, 3.8) is 0 Å². The number of nitrogens with one attached hydrogen (secondary N) is 2. The summed E-state index contributed by atoms with van der Waals surface area (Å²) >= 11 is 0. The molecule has 3 amide bonds. The summed E-state index contributed by atoms with van der Waals surface area (Å²) in [7, 11) is 1.41. The Morgan fingerprint density at radius 2 is 1.97 bits per heavy atom. The minimum atomic E-state index is -4.87. The molecular weight excluding hydrogens is 435 g/mol. The van der Waals surface area contributed by atoms with Crippen LogP contribution in [-0.2, 0) is 4.79 Å². The molecule has 10 nitrogen and oxygen atoms in total. The number of carbonyl (C=O) groups excluding carboxylic acids is 2. The van der Waals surface area contributed by atoms with Gasteiger partial charge in [-0.25, -0.2) is 9.78 Å². The van der Waals surface area contributed by atoms with Crippen LogP contribution in [0.25, 0.3) is 0 Å². The first-order chi connectivity index (χ1) is 14.9. The highest BCUT2D eigenvalue weighted by atomic mass is 19.4. The molecule has 172 valence electrons. The van der Waals surface area contributed by atoms with Crippen molar-refractivity contribution in [2.75, 3.05) is 23.9 Å². The van der Waals surface area contributed by atoms with E-state index in [1.807, 2.05) is 0 Å². The molecule has 1 aromatic heterocycles. The number of alkyl halides is 3. The summed E-state index contributed by atoms with van der Waals surface area (Å²) in [5.74, 6) is -0.488. The zero-order valence-electron chi connectivity index (χ0n) is 16.9. The predicted molar refractivity (Wildman–Crippen MR) is 106 cm³/mol. The quantitative estimate of drug-likeness (QED) is 0.505. The number of pyridine rings is 1. The Kier molecular flexibility index (Phi) is 6.14. The van der Waals surface area contributed by atoms with Gasteiger partial charge in [0.05, 0.1) is 25.0 Å². The van der Waals surface area contributed by atoms with Crippen LogP contribution in [0.3, 0.4) is 0 Å². The predicted octanol–water partition coefficient (Wildman–Crippen LogP) is 1.87. The van der Waals surface area contributed by atoms with E-state index in [0.29, 0.717) is 5.75 Å².